The van der Waals surface area contributed by atoms with E-state index in [0.717, 1.165) is 42.1 Å². The summed E-state index contributed by atoms with van der Waals surface area (Å²) < 4.78 is 14.2. The van der Waals surface area contributed by atoms with Crippen LogP contribution in [-0.4, -0.2) is 6.04 Å². The van der Waals surface area contributed by atoms with Crippen molar-refractivity contribution in [1.29, 1.82) is 0 Å². The fraction of sp³-hybridized carbons (Fsp3) is 0.600. The third-order valence-corrected chi connectivity index (χ3v) is 3.94. The average molecular weight is 331 g/mol. The summed E-state index contributed by atoms with van der Waals surface area (Å²) in [5.74, 6) is 6.04. The summed E-state index contributed by atoms with van der Waals surface area (Å²) in [6.07, 6.45) is 5.36. The molecule has 0 fully saturated rings. The minimum Gasteiger partial charge on any atom is -0.271 e. The van der Waals surface area contributed by atoms with Crippen LogP contribution in [0, 0.1) is 11.7 Å². The zero-order valence-corrected chi connectivity index (χ0v) is 13.3. The number of nitrogens with two attached hydrogens (primary N) is 1. The molecule has 0 amide bonds. The molecule has 0 aliphatic heterocycles. The normalized spacial score (nSPS) is 12.9. The molecule has 0 saturated heterocycles. The van der Waals surface area contributed by atoms with E-state index >= 15 is 0 Å². The molecule has 0 aliphatic rings. The Bertz CT molecular complexity index is 358. The molecular weight excluding hydrogens is 307 g/mol. The molecule has 1 atom stereocenters. The zero-order valence-electron chi connectivity index (χ0n) is 11.8. The van der Waals surface area contributed by atoms with E-state index in [4.69, 9.17) is 5.84 Å². The second-order valence-electron chi connectivity index (χ2n) is 5.09. The molecule has 19 heavy (non-hydrogen) atoms. The second-order valence-corrected chi connectivity index (χ2v) is 6.01. The Morgan fingerprint density at radius 2 is 1.84 bits per heavy atom. The predicted octanol–water partition coefficient (Wildman–Crippen LogP) is 4.18. The largest absolute Gasteiger partial charge is 0.271 e. The van der Waals surface area contributed by atoms with Gasteiger partial charge in [0.2, 0.25) is 0 Å². The summed E-state index contributed by atoms with van der Waals surface area (Å²) >= 11 is 3.33. The summed E-state index contributed by atoms with van der Waals surface area (Å²) in [7, 11) is 0. The predicted molar refractivity (Wildman–Crippen MR) is 82.2 cm³/mol. The van der Waals surface area contributed by atoms with Gasteiger partial charge in [0.05, 0.1) is 0 Å². The highest BCUT2D eigenvalue weighted by Gasteiger charge is 2.19. The lowest BCUT2D eigenvalue weighted by molar-refractivity contribution is 0.311. The Balaban J connectivity index is 2.78. The van der Waals surface area contributed by atoms with Crippen LogP contribution in [0.3, 0.4) is 0 Å². The molecule has 0 aromatic heterocycles. The standard InChI is InChI=1S/C15H24BrFN2/c1-3-5-12(6-4-2)15(19-18)9-11-7-13(16)10-14(17)8-11/h7-8,10,12,15,19H,3-6,9,18H2,1-2H3. The Labute approximate surface area is 124 Å². The molecule has 0 heterocycles. The van der Waals surface area contributed by atoms with E-state index in [1.165, 1.54) is 6.07 Å². The molecule has 3 N–H and O–H groups in total. The van der Waals surface area contributed by atoms with Gasteiger partial charge in [-0.2, -0.15) is 0 Å². The molecule has 0 spiro atoms. The van der Waals surface area contributed by atoms with Gasteiger partial charge in [0, 0.05) is 10.5 Å². The first-order chi connectivity index (χ1) is 9.10. The fourth-order valence-electron chi connectivity index (χ4n) is 2.63. The van der Waals surface area contributed by atoms with Crippen LogP contribution in [-0.2, 0) is 6.42 Å². The molecule has 0 bridgehead atoms. The third-order valence-electron chi connectivity index (χ3n) is 3.48. The SMILES string of the molecule is CCCC(CCC)C(Cc1cc(F)cc(Br)c1)NN. The third kappa shape index (κ3) is 5.59. The van der Waals surface area contributed by atoms with Gasteiger partial charge in [0.1, 0.15) is 5.82 Å². The van der Waals surface area contributed by atoms with Gasteiger partial charge < -0.3 is 0 Å². The van der Waals surface area contributed by atoms with Crippen molar-refractivity contribution in [3.05, 3.63) is 34.1 Å². The highest BCUT2D eigenvalue weighted by molar-refractivity contribution is 9.10. The number of nitrogens with one attached hydrogen (secondary N) is 1. The average Bonchev–Trinajstić information content (AvgIpc) is 2.34. The maximum Gasteiger partial charge on any atom is 0.124 e. The van der Waals surface area contributed by atoms with Crippen molar-refractivity contribution in [2.75, 3.05) is 0 Å². The van der Waals surface area contributed by atoms with E-state index < -0.39 is 0 Å². The molecule has 4 heteroatoms. The number of benzene rings is 1. The van der Waals surface area contributed by atoms with Crippen LogP contribution in [0.15, 0.2) is 22.7 Å². The molecule has 1 aromatic carbocycles. The molecule has 0 aliphatic carbocycles. The van der Waals surface area contributed by atoms with Crippen molar-refractivity contribution in [1.82, 2.24) is 5.43 Å². The maximum atomic E-state index is 13.4. The number of hydrazine groups is 1. The van der Waals surface area contributed by atoms with Crippen LogP contribution in [0.4, 0.5) is 4.39 Å². The smallest absolute Gasteiger partial charge is 0.124 e. The fourth-order valence-corrected chi connectivity index (χ4v) is 3.15. The Morgan fingerprint density at radius 1 is 1.21 bits per heavy atom. The monoisotopic (exact) mass is 330 g/mol. The van der Waals surface area contributed by atoms with Crippen LogP contribution < -0.4 is 11.3 Å². The quantitative estimate of drug-likeness (QED) is 0.554. The van der Waals surface area contributed by atoms with Crippen LogP contribution in [0.2, 0.25) is 0 Å². The van der Waals surface area contributed by atoms with Gasteiger partial charge in [-0.25, -0.2) is 4.39 Å². The van der Waals surface area contributed by atoms with Crippen LogP contribution in [0.25, 0.3) is 0 Å². The van der Waals surface area contributed by atoms with E-state index in [1.807, 2.05) is 6.07 Å². The van der Waals surface area contributed by atoms with Crippen LogP contribution in [0.1, 0.15) is 45.1 Å². The van der Waals surface area contributed by atoms with Crippen molar-refractivity contribution in [2.45, 2.75) is 52.0 Å². The number of halogens is 2. The topological polar surface area (TPSA) is 38.0 Å². The van der Waals surface area contributed by atoms with Gasteiger partial charge in [0.15, 0.2) is 0 Å². The highest BCUT2D eigenvalue weighted by atomic mass is 79.9. The Hall–Kier alpha value is -0.450. The van der Waals surface area contributed by atoms with E-state index in [2.05, 4.69) is 35.2 Å². The van der Waals surface area contributed by atoms with Gasteiger partial charge in [-0.1, -0.05) is 42.6 Å². The first kappa shape index (κ1) is 16.6. The summed E-state index contributed by atoms with van der Waals surface area (Å²) in [5, 5.41) is 0. The van der Waals surface area contributed by atoms with E-state index in [0.29, 0.717) is 5.92 Å². The summed E-state index contributed by atoms with van der Waals surface area (Å²) in [5.41, 5.74) is 3.90. The Kier molecular flexibility index (Phi) is 7.57. The first-order valence-electron chi connectivity index (χ1n) is 7.01. The van der Waals surface area contributed by atoms with Gasteiger partial charge in [-0.3, -0.25) is 11.3 Å². The van der Waals surface area contributed by atoms with Gasteiger partial charge in [-0.15, -0.1) is 0 Å². The number of hydrogen-bond donors (Lipinski definition) is 2. The van der Waals surface area contributed by atoms with Crippen LogP contribution in [0.5, 0.6) is 0 Å². The molecule has 1 unspecified atom stereocenters. The number of hydrogen-bond acceptors (Lipinski definition) is 2. The lowest BCUT2D eigenvalue weighted by Crippen LogP contribution is -2.42. The molecule has 108 valence electrons. The van der Waals surface area contributed by atoms with Crippen molar-refractivity contribution in [2.24, 2.45) is 11.8 Å². The first-order valence-corrected chi connectivity index (χ1v) is 7.81. The minimum absolute atomic E-state index is 0.202. The van der Waals surface area contributed by atoms with Crippen LogP contribution >= 0.6 is 15.9 Å². The van der Waals surface area contributed by atoms with E-state index in [-0.39, 0.29) is 11.9 Å². The lowest BCUT2D eigenvalue weighted by atomic mass is 9.87. The van der Waals surface area contributed by atoms with Crippen molar-refractivity contribution < 1.29 is 4.39 Å². The summed E-state index contributed by atoms with van der Waals surface area (Å²) in [6, 6.07) is 5.23. The maximum absolute atomic E-state index is 13.4. The molecule has 0 saturated carbocycles. The minimum atomic E-state index is -0.206. The van der Waals surface area contributed by atoms with Crippen molar-refractivity contribution in [3.8, 4) is 0 Å². The Morgan fingerprint density at radius 3 is 2.32 bits per heavy atom. The molecule has 1 rings (SSSR count). The lowest BCUT2D eigenvalue weighted by Gasteiger charge is -2.26. The molecule has 1 aromatic rings. The molecule has 0 radical (unpaired) electrons. The second kappa shape index (κ2) is 8.67. The van der Waals surface area contributed by atoms with E-state index in [9.17, 15) is 4.39 Å². The van der Waals surface area contributed by atoms with Gasteiger partial charge in [-0.05, 0) is 48.9 Å². The summed E-state index contributed by atoms with van der Waals surface area (Å²) in [4.78, 5) is 0. The van der Waals surface area contributed by atoms with Gasteiger partial charge >= 0.3 is 0 Å². The molecular formula is C15H24BrFN2. The summed E-state index contributed by atoms with van der Waals surface area (Å²) in [6.45, 7) is 4.38. The van der Waals surface area contributed by atoms with Crippen molar-refractivity contribution in [3.63, 3.8) is 0 Å². The number of rotatable bonds is 8. The van der Waals surface area contributed by atoms with Gasteiger partial charge in [0.25, 0.3) is 0 Å². The van der Waals surface area contributed by atoms with Crippen molar-refractivity contribution >= 4 is 15.9 Å². The van der Waals surface area contributed by atoms with E-state index in [1.54, 1.807) is 6.07 Å². The zero-order chi connectivity index (χ0) is 14.3. The highest BCUT2D eigenvalue weighted by Crippen LogP contribution is 2.22. The molecule has 2 nitrogen and oxygen atoms in total.